The molecule has 0 amide bonds. The topological polar surface area (TPSA) is 23.3 Å². The number of nitrogens with zero attached hydrogens (tertiary/aromatic N) is 1. The Morgan fingerprint density at radius 2 is 1.92 bits per heavy atom. The normalized spacial score (nSPS) is 9.69. The largest absolute Gasteiger partial charge is 0.388 e. The van der Waals surface area contributed by atoms with Gasteiger partial charge in [-0.3, -0.25) is 0 Å². The van der Waals surface area contributed by atoms with Crippen molar-refractivity contribution in [3.63, 3.8) is 0 Å². The molecule has 1 radical (unpaired) electrons. The van der Waals surface area contributed by atoms with Crippen LogP contribution in [0.25, 0.3) is 0 Å². The van der Waals surface area contributed by atoms with Gasteiger partial charge in [-0.15, -0.1) is 6.58 Å². The van der Waals surface area contributed by atoms with E-state index in [9.17, 15) is 0 Å². The van der Waals surface area contributed by atoms with Gasteiger partial charge in [-0.25, -0.2) is 0 Å². The number of hydrogen-bond acceptors (Lipinski definition) is 1. The molecule has 0 saturated carbocycles. The minimum absolute atomic E-state index is 0.521. The van der Waals surface area contributed by atoms with Crippen molar-refractivity contribution in [2.45, 2.75) is 13.8 Å². The van der Waals surface area contributed by atoms with Crippen LogP contribution in [0.5, 0.6) is 5.75 Å². The van der Waals surface area contributed by atoms with Gasteiger partial charge in [0.1, 0.15) is 5.75 Å². The Hall–Kier alpha value is -1.28. The maximum absolute atomic E-state index is 5.16. The molecular weight excluding hydrogens is 162 g/mol. The fourth-order valence-electron chi connectivity index (χ4n) is 1.15. The summed E-state index contributed by atoms with van der Waals surface area (Å²) in [6.07, 6.45) is 1.70. The second-order valence-electron chi connectivity index (χ2n) is 3.02. The molecule has 2 nitrogen and oxygen atoms in total. The second kappa shape index (κ2) is 4.67. The molecule has 13 heavy (non-hydrogen) atoms. The van der Waals surface area contributed by atoms with E-state index in [2.05, 4.69) is 18.1 Å². The molecule has 0 aliphatic heterocycles. The summed E-state index contributed by atoms with van der Waals surface area (Å²) >= 11 is 0. The smallest absolute Gasteiger partial charge is 0.150 e. The highest BCUT2D eigenvalue weighted by atomic mass is 16.6. The summed E-state index contributed by atoms with van der Waals surface area (Å²) in [4.78, 5) is 5.16. The monoisotopic (exact) mass is 176 g/mol. The molecule has 0 atom stereocenters. The van der Waals surface area contributed by atoms with Crippen LogP contribution < -0.4 is 10.3 Å². The van der Waals surface area contributed by atoms with Crippen LogP contribution in [0.4, 0.5) is 0 Å². The Morgan fingerprint density at radius 1 is 1.31 bits per heavy atom. The van der Waals surface area contributed by atoms with Crippen molar-refractivity contribution in [2.24, 2.45) is 0 Å². The van der Waals surface area contributed by atoms with E-state index in [1.165, 1.54) is 11.1 Å². The van der Waals surface area contributed by atoms with Crippen molar-refractivity contribution in [1.82, 2.24) is 5.48 Å². The van der Waals surface area contributed by atoms with Gasteiger partial charge >= 0.3 is 0 Å². The maximum Gasteiger partial charge on any atom is 0.150 e. The molecule has 0 unspecified atom stereocenters. The van der Waals surface area contributed by atoms with E-state index < -0.39 is 0 Å². The van der Waals surface area contributed by atoms with E-state index in [-0.39, 0.29) is 0 Å². The van der Waals surface area contributed by atoms with Gasteiger partial charge in [-0.1, -0.05) is 12.1 Å². The lowest BCUT2D eigenvalue weighted by atomic mass is 10.1. The summed E-state index contributed by atoms with van der Waals surface area (Å²) in [6, 6.07) is 6.01. The van der Waals surface area contributed by atoms with Gasteiger partial charge in [0, 0.05) is 0 Å². The molecule has 0 N–H and O–H groups in total. The summed E-state index contributed by atoms with van der Waals surface area (Å²) < 4.78 is 0. The molecule has 1 aromatic rings. The molecule has 0 aromatic heterocycles. The fraction of sp³-hybridized carbons (Fsp3) is 0.273. The van der Waals surface area contributed by atoms with Crippen molar-refractivity contribution in [1.29, 1.82) is 0 Å². The van der Waals surface area contributed by atoms with Gasteiger partial charge in [-0.05, 0) is 42.6 Å². The summed E-state index contributed by atoms with van der Waals surface area (Å²) in [5.74, 6) is 0.791. The zero-order valence-corrected chi connectivity index (χ0v) is 8.08. The van der Waals surface area contributed by atoms with Crippen molar-refractivity contribution in [2.75, 3.05) is 6.54 Å². The van der Waals surface area contributed by atoms with Crippen LogP contribution in [0.3, 0.4) is 0 Å². The summed E-state index contributed by atoms with van der Waals surface area (Å²) in [5.41, 5.74) is 6.19. The number of hydrogen-bond donors (Lipinski definition) is 0. The van der Waals surface area contributed by atoms with Crippen LogP contribution in [-0.4, -0.2) is 6.54 Å². The third kappa shape index (κ3) is 3.30. The first-order valence-corrected chi connectivity index (χ1v) is 4.25. The van der Waals surface area contributed by atoms with Gasteiger partial charge in [0.25, 0.3) is 0 Å². The first kappa shape index (κ1) is 9.81. The molecule has 0 saturated heterocycles. The maximum atomic E-state index is 5.16. The molecule has 0 aliphatic rings. The molecule has 1 rings (SSSR count). The lowest BCUT2D eigenvalue weighted by Crippen LogP contribution is -2.09. The summed E-state index contributed by atoms with van der Waals surface area (Å²) in [7, 11) is 0. The van der Waals surface area contributed by atoms with E-state index >= 15 is 0 Å². The Morgan fingerprint density at radius 3 is 2.46 bits per heavy atom. The average molecular weight is 176 g/mol. The highest BCUT2D eigenvalue weighted by molar-refractivity contribution is 5.32. The number of benzene rings is 1. The highest BCUT2D eigenvalue weighted by Gasteiger charge is 1.96. The van der Waals surface area contributed by atoms with Crippen LogP contribution >= 0.6 is 0 Å². The Balaban J connectivity index is 2.60. The van der Waals surface area contributed by atoms with Gasteiger partial charge in [-0.2, -0.15) is 0 Å². The average Bonchev–Trinajstić information content (AvgIpc) is 2.03. The Bertz CT molecular complexity index is 274. The Kier molecular flexibility index (Phi) is 3.53. The van der Waals surface area contributed by atoms with Crippen molar-refractivity contribution in [3.8, 4) is 5.75 Å². The fourth-order valence-corrected chi connectivity index (χ4v) is 1.15. The van der Waals surface area contributed by atoms with E-state index in [1.54, 1.807) is 6.08 Å². The number of aryl methyl sites for hydroxylation is 2. The quantitative estimate of drug-likeness (QED) is 0.392. The van der Waals surface area contributed by atoms with Crippen LogP contribution in [0, 0.1) is 13.8 Å². The predicted octanol–water partition coefficient (Wildman–Crippen LogP) is 2.39. The minimum Gasteiger partial charge on any atom is -0.388 e. The zero-order valence-electron chi connectivity index (χ0n) is 8.08. The molecule has 0 spiro atoms. The van der Waals surface area contributed by atoms with Gasteiger partial charge in [0.2, 0.25) is 0 Å². The van der Waals surface area contributed by atoms with E-state index in [0.717, 1.165) is 5.75 Å². The molecule has 0 fully saturated rings. The van der Waals surface area contributed by atoms with Crippen LogP contribution in [0.2, 0.25) is 0 Å². The summed E-state index contributed by atoms with van der Waals surface area (Å²) in [5, 5.41) is 0. The van der Waals surface area contributed by atoms with Crippen molar-refractivity contribution in [3.05, 3.63) is 42.0 Å². The van der Waals surface area contributed by atoms with Crippen LogP contribution in [-0.2, 0) is 0 Å². The van der Waals surface area contributed by atoms with Crippen molar-refractivity contribution >= 4 is 0 Å². The van der Waals surface area contributed by atoms with Gasteiger partial charge < -0.3 is 4.84 Å². The molecular formula is C11H14NO. The molecule has 0 bridgehead atoms. The lowest BCUT2D eigenvalue weighted by Gasteiger charge is -2.04. The van der Waals surface area contributed by atoms with Crippen LogP contribution in [0.15, 0.2) is 30.9 Å². The van der Waals surface area contributed by atoms with Crippen molar-refractivity contribution < 1.29 is 4.84 Å². The highest BCUT2D eigenvalue weighted by Crippen LogP contribution is 2.15. The van der Waals surface area contributed by atoms with Crippen LogP contribution in [0.1, 0.15) is 11.1 Å². The van der Waals surface area contributed by atoms with E-state index in [0.29, 0.717) is 6.54 Å². The second-order valence-corrected chi connectivity index (χ2v) is 3.02. The minimum atomic E-state index is 0.521. The first-order valence-electron chi connectivity index (χ1n) is 4.25. The zero-order chi connectivity index (χ0) is 9.68. The molecule has 69 valence electrons. The summed E-state index contributed by atoms with van der Waals surface area (Å²) in [6.45, 7) is 8.14. The molecule has 0 heterocycles. The SMILES string of the molecule is C=CC[N]Oc1cc(C)cc(C)c1. The predicted molar refractivity (Wildman–Crippen MR) is 53.7 cm³/mol. The number of hydroxylamine groups is 1. The number of rotatable bonds is 4. The molecule has 0 aliphatic carbocycles. The lowest BCUT2D eigenvalue weighted by molar-refractivity contribution is 0.198. The van der Waals surface area contributed by atoms with E-state index in [4.69, 9.17) is 4.84 Å². The molecule has 2 heteroatoms. The first-order chi connectivity index (χ1) is 6.22. The Labute approximate surface area is 79.2 Å². The molecule has 1 aromatic carbocycles. The standard InChI is InChI=1S/C11H14NO/c1-4-5-12-13-11-7-9(2)6-10(3)8-11/h4,6-8H,1,5H2,2-3H3. The van der Waals surface area contributed by atoms with Gasteiger partial charge in [0.05, 0.1) is 6.54 Å². The van der Waals surface area contributed by atoms with Gasteiger partial charge in [0.15, 0.2) is 0 Å². The third-order valence-corrected chi connectivity index (χ3v) is 1.57. The third-order valence-electron chi connectivity index (χ3n) is 1.57. The van der Waals surface area contributed by atoms with E-state index in [1.807, 2.05) is 26.0 Å².